The molecule has 1 saturated heterocycles. The van der Waals surface area contributed by atoms with E-state index in [1.54, 1.807) is 30.3 Å². The van der Waals surface area contributed by atoms with Gasteiger partial charge in [-0.1, -0.05) is 30.3 Å². The Hall–Kier alpha value is -1.83. The zero-order valence-corrected chi connectivity index (χ0v) is 13.8. The fourth-order valence-electron chi connectivity index (χ4n) is 2.79. The van der Waals surface area contributed by atoms with Gasteiger partial charge in [0.15, 0.2) is 0 Å². The monoisotopic (exact) mass is 352 g/mol. The number of benzene rings is 2. The average molecular weight is 352 g/mol. The molecular weight excluding hydrogens is 334 g/mol. The van der Waals surface area contributed by atoms with Crippen molar-refractivity contribution in [3.05, 3.63) is 71.3 Å². The van der Waals surface area contributed by atoms with E-state index in [9.17, 15) is 17.2 Å². The van der Waals surface area contributed by atoms with E-state index >= 15 is 0 Å². The zero-order chi connectivity index (χ0) is 17.2. The van der Waals surface area contributed by atoms with Gasteiger partial charge in [-0.15, -0.1) is 0 Å². The topological polar surface area (TPSA) is 40.6 Å². The van der Waals surface area contributed by atoms with Crippen LogP contribution < -0.4 is 0 Å². The third kappa shape index (κ3) is 3.63. The summed E-state index contributed by atoms with van der Waals surface area (Å²) >= 11 is 0. The number of nitrogens with zero attached hydrogens (tertiary/aromatic N) is 2. The van der Waals surface area contributed by atoms with Crippen LogP contribution >= 0.6 is 0 Å². The molecule has 3 rings (SSSR count). The molecule has 4 nitrogen and oxygen atoms in total. The van der Waals surface area contributed by atoms with Crippen LogP contribution in [0, 0.1) is 11.6 Å². The summed E-state index contributed by atoms with van der Waals surface area (Å²) in [6.07, 6.45) is 0.642. The molecule has 0 aromatic heterocycles. The van der Waals surface area contributed by atoms with Crippen molar-refractivity contribution >= 4 is 10.2 Å². The molecule has 0 amide bonds. The van der Waals surface area contributed by atoms with Crippen molar-refractivity contribution in [3.8, 4) is 0 Å². The van der Waals surface area contributed by atoms with Crippen LogP contribution in [0.2, 0.25) is 0 Å². The Morgan fingerprint density at radius 2 is 1.62 bits per heavy atom. The Bertz CT molecular complexity index is 827. The number of hydrogen-bond acceptors (Lipinski definition) is 2. The maximum absolute atomic E-state index is 13.8. The lowest BCUT2D eigenvalue weighted by Gasteiger charge is -2.34. The minimum atomic E-state index is -3.71. The molecule has 128 valence electrons. The van der Waals surface area contributed by atoms with Crippen molar-refractivity contribution in [2.75, 3.05) is 13.1 Å². The Labute approximate surface area is 140 Å². The first-order chi connectivity index (χ1) is 11.5. The minimum Gasteiger partial charge on any atom is -0.207 e. The molecule has 0 N–H and O–H groups in total. The van der Waals surface area contributed by atoms with Gasteiger partial charge in [-0.25, -0.2) is 8.78 Å². The van der Waals surface area contributed by atoms with Gasteiger partial charge in [0.05, 0.1) is 0 Å². The standard InChI is InChI=1S/C17H18F2N2O2S/c18-16-7-3-5-14(11-16)12-20-9-4-10-21(24(20,22)23)13-15-6-1-2-8-17(15)19/h1-3,5-8,11H,4,9-10,12-13H2. The van der Waals surface area contributed by atoms with Crippen LogP contribution in [-0.4, -0.2) is 30.1 Å². The molecule has 7 heteroatoms. The fourth-order valence-corrected chi connectivity index (χ4v) is 4.45. The fraction of sp³-hybridized carbons (Fsp3) is 0.294. The molecule has 0 radical (unpaired) electrons. The molecule has 2 aromatic rings. The normalized spacial score (nSPS) is 18.6. The van der Waals surface area contributed by atoms with E-state index in [1.807, 2.05) is 0 Å². The van der Waals surface area contributed by atoms with Crippen LogP contribution in [0.1, 0.15) is 17.5 Å². The van der Waals surface area contributed by atoms with E-state index in [2.05, 4.69) is 0 Å². The molecule has 1 heterocycles. The zero-order valence-electron chi connectivity index (χ0n) is 13.0. The number of halogens is 2. The average Bonchev–Trinajstić information content (AvgIpc) is 2.53. The minimum absolute atomic E-state index is 0.00530. The van der Waals surface area contributed by atoms with Crippen molar-refractivity contribution in [2.24, 2.45) is 0 Å². The maximum atomic E-state index is 13.8. The summed E-state index contributed by atoms with van der Waals surface area (Å²) in [5.41, 5.74) is 0.931. The maximum Gasteiger partial charge on any atom is 0.282 e. The van der Waals surface area contributed by atoms with Gasteiger partial charge in [-0.2, -0.15) is 17.0 Å². The highest BCUT2D eigenvalue weighted by Crippen LogP contribution is 2.22. The third-order valence-corrected chi connectivity index (χ3v) is 5.95. The van der Waals surface area contributed by atoms with E-state index < -0.39 is 21.8 Å². The lowest BCUT2D eigenvalue weighted by atomic mass is 10.2. The van der Waals surface area contributed by atoms with Crippen LogP contribution in [0.15, 0.2) is 48.5 Å². The van der Waals surface area contributed by atoms with Gasteiger partial charge >= 0.3 is 0 Å². The summed E-state index contributed by atoms with van der Waals surface area (Å²) in [5, 5.41) is 0. The molecule has 1 aliphatic heterocycles. The van der Waals surface area contributed by atoms with Crippen LogP contribution in [0.4, 0.5) is 8.78 Å². The summed E-state index contributed by atoms with van der Waals surface area (Å²) in [4.78, 5) is 0. The summed E-state index contributed by atoms with van der Waals surface area (Å²) in [6, 6.07) is 12.0. The van der Waals surface area contributed by atoms with Gasteiger partial charge in [0.2, 0.25) is 0 Å². The molecule has 1 aliphatic rings. The van der Waals surface area contributed by atoms with E-state index in [0.717, 1.165) is 0 Å². The highest BCUT2D eigenvalue weighted by molar-refractivity contribution is 7.86. The highest BCUT2D eigenvalue weighted by atomic mass is 32.2. The van der Waals surface area contributed by atoms with Crippen molar-refractivity contribution in [1.29, 1.82) is 0 Å². The summed E-state index contributed by atoms with van der Waals surface area (Å²) in [7, 11) is -3.71. The molecule has 24 heavy (non-hydrogen) atoms. The number of rotatable bonds is 4. The molecule has 0 aliphatic carbocycles. The van der Waals surface area contributed by atoms with Gasteiger partial charge in [0.25, 0.3) is 10.2 Å². The second-order valence-electron chi connectivity index (χ2n) is 5.75. The highest BCUT2D eigenvalue weighted by Gasteiger charge is 2.33. The van der Waals surface area contributed by atoms with Gasteiger partial charge in [0, 0.05) is 31.7 Å². The second kappa shape index (κ2) is 6.96. The van der Waals surface area contributed by atoms with Crippen molar-refractivity contribution in [2.45, 2.75) is 19.5 Å². The Morgan fingerprint density at radius 1 is 0.917 bits per heavy atom. The van der Waals surface area contributed by atoms with Gasteiger partial charge in [-0.3, -0.25) is 0 Å². The molecule has 0 atom stereocenters. The molecule has 0 bridgehead atoms. The van der Waals surface area contributed by atoms with E-state index in [-0.39, 0.29) is 13.1 Å². The Balaban J connectivity index is 1.79. The van der Waals surface area contributed by atoms with Crippen LogP contribution in [0.25, 0.3) is 0 Å². The smallest absolute Gasteiger partial charge is 0.207 e. The summed E-state index contributed by atoms with van der Waals surface area (Å²) in [6.45, 7) is 0.811. The molecular formula is C17H18F2N2O2S. The first kappa shape index (κ1) is 17.0. The SMILES string of the molecule is O=S1(=O)N(Cc2cccc(F)c2)CCCN1Cc1ccccc1F. The van der Waals surface area contributed by atoms with E-state index in [0.29, 0.717) is 30.6 Å². The van der Waals surface area contributed by atoms with Gasteiger partial charge < -0.3 is 0 Å². The summed E-state index contributed by atoms with van der Waals surface area (Å²) in [5.74, 6) is -0.819. The van der Waals surface area contributed by atoms with Crippen molar-refractivity contribution < 1.29 is 17.2 Å². The van der Waals surface area contributed by atoms with Crippen molar-refractivity contribution in [1.82, 2.24) is 8.61 Å². The van der Waals surface area contributed by atoms with Gasteiger partial charge in [0.1, 0.15) is 11.6 Å². The van der Waals surface area contributed by atoms with Crippen molar-refractivity contribution in [3.63, 3.8) is 0 Å². The molecule has 0 unspecified atom stereocenters. The van der Waals surface area contributed by atoms with Crippen LogP contribution in [-0.2, 0) is 23.3 Å². The molecule has 0 spiro atoms. The lowest BCUT2D eigenvalue weighted by Crippen LogP contribution is -2.48. The molecule has 1 fully saturated rings. The predicted molar refractivity (Wildman–Crippen MR) is 87.2 cm³/mol. The summed E-state index contributed by atoms with van der Waals surface area (Å²) < 4.78 is 55.2. The van der Waals surface area contributed by atoms with Crippen LogP contribution in [0.5, 0.6) is 0 Å². The van der Waals surface area contributed by atoms with E-state index in [1.165, 1.54) is 26.8 Å². The van der Waals surface area contributed by atoms with Crippen LogP contribution in [0.3, 0.4) is 0 Å². The Morgan fingerprint density at radius 3 is 2.33 bits per heavy atom. The largest absolute Gasteiger partial charge is 0.282 e. The number of hydrogen-bond donors (Lipinski definition) is 0. The molecule has 2 aromatic carbocycles. The van der Waals surface area contributed by atoms with Gasteiger partial charge in [-0.05, 0) is 30.2 Å². The predicted octanol–water partition coefficient (Wildman–Crippen LogP) is 2.92. The third-order valence-electron chi connectivity index (χ3n) is 4.02. The van der Waals surface area contributed by atoms with E-state index in [4.69, 9.17) is 0 Å². The first-order valence-electron chi connectivity index (χ1n) is 7.70. The Kier molecular flexibility index (Phi) is 4.93. The quantitative estimate of drug-likeness (QED) is 0.849. The first-order valence-corrected chi connectivity index (χ1v) is 9.09. The second-order valence-corrected chi connectivity index (χ2v) is 7.68. The molecule has 0 saturated carbocycles. The lowest BCUT2D eigenvalue weighted by molar-refractivity contribution is 0.274.